The van der Waals surface area contributed by atoms with E-state index < -0.39 is 0 Å². The summed E-state index contributed by atoms with van der Waals surface area (Å²) in [6.07, 6.45) is 5.23. The molecule has 4 nitrogen and oxygen atoms in total. The SMILES string of the molecule is CN1CCN(c2ccccc2C(=O)c2cc3c(cn2)CCC3)CC1. The molecule has 0 N–H and O–H groups in total. The molecule has 1 aromatic carbocycles. The maximum atomic E-state index is 13.1. The average molecular weight is 321 g/mol. The van der Waals surface area contributed by atoms with Crippen LogP contribution < -0.4 is 4.90 Å². The highest BCUT2D eigenvalue weighted by Gasteiger charge is 2.22. The van der Waals surface area contributed by atoms with Gasteiger partial charge < -0.3 is 9.80 Å². The minimum absolute atomic E-state index is 0.0410. The molecule has 1 saturated heterocycles. The van der Waals surface area contributed by atoms with Crippen LogP contribution in [0.2, 0.25) is 0 Å². The molecule has 24 heavy (non-hydrogen) atoms. The van der Waals surface area contributed by atoms with Gasteiger partial charge in [-0.2, -0.15) is 0 Å². The minimum atomic E-state index is 0.0410. The maximum absolute atomic E-state index is 13.1. The monoisotopic (exact) mass is 321 g/mol. The van der Waals surface area contributed by atoms with Crippen LogP contribution in [0.15, 0.2) is 36.5 Å². The number of benzene rings is 1. The fraction of sp³-hybridized carbons (Fsp3) is 0.400. The summed E-state index contributed by atoms with van der Waals surface area (Å²) in [5.74, 6) is 0.0410. The van der Waals surface area contributed by atoms with Crippen molar-refractivity contribution in [3.8, 4) is 0 Å². The zero-order chi connectivity index (χ0) is 16.5. The summed E-state index contributed by atoms with van der Waals surface area (Å²) in [5, 5.41) is 0. The summed E-state index contributed by atoms with van der Waals surface area (Å²) in [6.45, 7) is 3.97. The van der Waals surface area contributed by atoms with Gasteiger partial charge in [-0.15, -0.1) is 0 Å². The topological polar surface area (TPSA) is 36.4 Å². The molecule has 1 aromatic heterocycles. The van der Waals surface area contributed by atoms with Gasteiger partial charge in [-0.25, -0.2) is 0 Å². The summed E-state index contributed by atoms with van der Waals surface area (Å²) < 4.78 is 0. The summed E-state index contributed by atoms with van der Waals surface area (Å²) in [4.78, 5) is 22.2. The molecule has 1 aliphatic heterocycles. The van der Waals surface area contributed by atoms with Crippen LogP contribution in [0.4, 0.5) is 5.69 Å². The van der Waals surface area contributed by atoms with E-state index in [1.165, 1.54) is 17.5 Å². The Bertz CT molecular complexity index is 763. The molecule has 0 amide bonds. The first kappa shape index (κ1) is 15.3. The predicted molar refractivity (Wildman–Crippen MR) is 95.8 cm³/mol. The third kappa shape index (κ3) is 2.82. The van der Waals surface area contributed by atoms with Crippen molar-refractivity contribution in [3.05, 3.63) is 58.9 Å². The van der Waals surface area contributed by atoms with E-state index in [9.17, 15) is 4.79 Å². The molecular weight excluding hydrogens is 298 g/mol. The van der Waals surface area contributed by atoms with Crippen LogP contribution in [-0.2, 0) is 12.8 Å². The second kappa shape index (κ2) is 6.36. The third-order valence-electron chi connectivity index (χ3n) is 5.20. The number of nitrogens with zero attached hydrogens (tertiary/aromatic N) is 3. The lowest BCUT2D eigenvalue weighted by Gasteiger charge is -2.35. The molecule has 2 heterocycles. The van der Waals surface area contributed by atoms with Crippen LogP contribution >= 0.6 is 0 Å². The van der Waals surface area contributed by atoms with Crippen LogP contribution in [0.5, 0.6) is 0 Å². The second-order valence-electron chi connectivity index (χ2n) is 6.83. The number of hydrogen-bond donors (Lipinski definition) is 0. The Hall–Kier alpha value is -2.20. The standard InChI is InChI=1S/C20H23N3O/c1-22-9-11-23(12-10-22)19-8-3-2-7-17(19)20(24)18-13-15-5-4-6-16(15)14-21-18/h2-3,7-8,13-14H,4-6,9-12H2,1H3. The number of carbonyl (C=O) groups is 1. The maximum Gasteiger partial charge on any atom is 0.213 e. The van der Waals surface area contributed by atoms with E-state index in [-0.39, 0.29) is 5.78 Å². The van der Waals surface area contributed by atoms with E-state index in [1.807, 2.05) is 30.5 Å². The van der Waals surface area contributed by atoms with Crippen molar-refractivity contribution in [1.82, 2.24) is 9.88 Å². The van der Waals surface area contributed by atoms with Gasteiger partial charge >= 0.3 is 0 Å². The number of piperazine rings is 1. The van der Waals surface area contributed by atoms with Gasteiger partial charge in [-0.05, 0) is 55.6 Å². The van der Waals surface area contributed by atoms with Gasteiger partial charge in [0.2, 0.25) is 5.78 Å². The van der Waals surface area contributed by atoms with Crippen LogP contribution in [0.1, 0.15) is 33.6 Å². The molecule has 0 radical (unpaired) electrons. The smallest absolute Gasteiger partial charge is 0.213 e. The highest BCUT2D eigenvalue weighted by molar-refractivity contribution is 6.11. The van der Waals surface area contributed by atoms with Gasteiger partial charge in [-0.1, -0.05) is 12.1 Å². The molecule has 4 heteroatoms. The summed E-state index contributed by atoms with van der Waals surface area (Å²) >= 11 is 0. The van der Waals surface area contributed by atoms with Crippen molar-refractivity contribution in [2.45, 2.75) is 19.3 Å². The normalized spacial score (nSPS) is 17.8. The molecule has 1 aliphatic carbocycles. The number of carbonyl (C=O) groups excluding carboxylic acids is 1. The number of ketones is 1. The summed E-state index contributed by atoms with van der Waals surface area (Å²) in [7, 11) is 2.14. The molecule has 0 spiro atoms. The van der Waals surface area contributed by atoms with Gasteiger partial charge in [0.15, 0.2) is 0 Å². The highest BCUT2D eigenvalue weighted by Crippen LogP contribution is 2.26. The van der Waals surface area contributed by atoms with Crippen molar-refractivity contribution >= 4 is 11.5 Å². The van der Waals surface area contributed by atoms with Crippen molar-refractivity contribution in [2.75, 3.05) is 38.1 Å². The summed E-state index contributed by atoms with van der Waals surface area (Å²) in [6, 6.07) is 9.96. The van der Waals surface area contributed by atoms with Gasteiger partial charge in [0.25, 0.3) is 0 Å². The zero-order valence-corrected chi connectivity index (χ0v) is 14.2. The molecule has 1 fully saturated rings. The first-order valence-electron chi connectivity index (χ1n) is 8.77. The number of anilines is 1. The molecule has 0 unspecified atom stereocenters. The van der Waals surface area contributed by atoms with Crippen molar-refractivity contribution < 1.29 is 4.79 Å². The van der Waals surface area contributed by atoms with E-state index in [1.54, 1.807) is 0 Å². The fourth-order valence-electron chi connectivity index (χ4n) is 3.70. The van der Waals surface area contributed by atoms with Crippen molar-refractivity contribution in [3.63, 3.8) is 0 Å². The van der Waals surface area contributed by atoms with Gasteiger partial charge in [0.1, 0.15) is 5.69 Å². The quantitative estimate of drug-likeness (QED) is 0.814. The Morgan fingerprint density at radius 2 is 1.79 bits per heavy atom. The van der Waals surface area contributed by atoms with Crippen molar-refractivity contribution in [1.29, 1.82) is 0 Å². The lowest BCUT2D eigenvalue weighted by atomic mass is 10.0. The van der Waals surface area contributed by atoms with Crippen molar-refractivity contribution in [2.24, 2.45) is 0 Å². The number of likely N-dealkylation sites (N-methyl/N-ethyl adjacent to an activating group) is 1. The largest absolute Gasteiger partial charge is 0.368 e. The van der Waals surface area contributed by atoms with Crippen LogP contribution in [0, 0.1) is 0 Å². The number of fused-ring (bicyclic) bond motifs is 1. The van der Waals surface area contributed by atoms with E-state index in [0.29, 0.717) is 5.69 Å². The minimum Gasteiger partial charge on any atom is -0.368 e. The molecule has 124 valence electrons. The Kier molecular flexibility index (Phi) is 4.07. The van der Waals surface area contributed by atoms with E-state index >= 15 is 0 Å². The molecular formula is C20H23N3O. The number of pyridine rings is 1. The number of aromatic nitrogens is 1. The number of para-hydroxylation sites is 1. The molecule has 0 bridgehead atoms. The summed E-state index contributed by atoms with van der Waals surface area (Å²) in [5.41, 5.74) is 4.99. The molecule has 4 rings (SSSR count). The second-order valence-corrected chi connectivity index (χ2v) is 6.83. The molecule has 2 aliphatic rings. The van der Waals surface area contributed by atoms with E-state index in [0.717, 1.165) is 50.3 Å². The zero-order valence-electron chi connectivity index (χ0n) is 14.2. The Morgan fingerprint density at radius 1 is 1.04 bits per heavy atom. The van der Waals surface area contributed by atoms with Crippen LogP contribution in [0.25, 0.3) is 0 Å². The number of rotatable bonds is 3. The lowest BCUT2D eigenvalue weighted by Crippen LogP contribution is -2.45. The Balaban J connectivity index is 1.65. The first-order valence-corrected chi connectivity index (χ1v) is 8.77. The Morgan fingerprint density at radius 3 is 2.62 bits per heavy atom. The van der Waals surface area contributed by atoms with Gasteiger partial charge in [-0.3, -0.25) is 9.78 Å². The van der Waals surface area contributed by atoms with E-state index in [2.05, 4.69) is 27.9 Å². The Labute approximate surface area is 143 Å². The predicted octanol–water partition coefficient (Wildman–Crippen LogP) is 2.55. The first-order chi connectivity index (χ1) is 11.7. The molecule has 2 aromatic rings. The lowest BCUT2D eigenvalue weighted by molar-refractivity contribution is 0.103. The van der Waals surface area contributed by atoms with Crippen LogP contribution in [-0.4, -0.2) is 48.9 Å². The van der Waals surface area contributed by atoms with Crippen LogP contribution in [0.3, 0.4) is 0 Å². The number of aryl methyl sites for hydroxylation is 2. The molecule has 0 saturated carbocycles. The van der Waals surface area contributed by atoms with Gasteiger partial charge in [0, 0.05) is 43.6 Å². The fourth-order valence-corrected chi connectivity index (χ4v) is 3.70. The van der Waals surface area contributed by atoms with E-state index in [4.69, 9.17) is 0 Å². The van der Waals surface area contributed by atoms with Gasteiger partial charge in [0.05, 0.1) is 0 Å². The molecule has 0 atom stereocenters. The highest BCUT2D eigenvalue weighted by atomic mass is 16.1. The number of hydrogen-bond acceptors (Lipinski definition) is 4. The third-order valence-corrected chi connectivity index (χ3v) is 5.20. The average Bonchev–Trinajstić information content (AvgIpc) is 3.09.